The quantitative estimate of drug-likeness (QED) is 0.821. The predicted molar refractivity (Wildman–Crippen MR) is 82.9 cm³/mol. The van der Waals surface area contributed by atoms with Gasteiger partial charge in [-0.1, -0.05) is 0 Å². The van der Waals surface area contributed by atoms with Crippen LogP contribution in [0.15, 0.2) is 23.1 Å². The summed E-state index contributed by atoms with van der Waals surface area (Å²) in [5, 5.41) is 0. The summed E-state index contributed by atoms with van der Waals surface area (Å²) in [7, 11) is 1.90. The van der Waals surface area contributed by atoms with E-state index in [9.17, 15) is 8.42 Å². The van der Waals surface area contributed by atoms with Crippen LogP contribution in [0.4, 0.5) is 5.69 Å². The van der Waals surface area contributed by atoms with E-state index in [1.54, 1.807) is 16.4 Å². The predicted octanol–water partition coefficient (Wildman–Crippen LogP) is 0.992. The van der Waals surface area contributed by atoms with E-state index < -0.39 is 10.0 Å². The van der Waals surface area contributed by atoms with Gasteiger partial charge in [0.2, 0.25) is 10.0 Å². The van der Waals surface area contributed by atoms with Gasteiger partial charge in [0.15, 0.2) is 0 Å². The second-order valence-electron chi connectivity index (χ2n) is 5.58. The van der Waals surface area contributed by atoms with Crippen LogP contribution < -0.4 is 10.5 Å². The first-order chi connectivity index (χ1) is 9.86. The number of nitrogens with zero attached hydrogens (tertiary/aromatic N) is 2. The Morgan fingerprint density at radius 2 is 2.14 bits per heavy atom. The summed E-state index contributed by atoms with van der Waals surface area (Å²) >= 11 is 0. The highest BCUT2D eigenvalue weighted by Crippen LogP contribution is 2.30. The van der Waals surface area contributed by atoms with Crippen molar-refractivity contribution >= 4 is 15.7 Å². The lowest BCUT2D eigenvalue weighted by Crippen LogP contribution is -2.41. The van der Waals surface area contributed by atoms with Gasteiger partial charge < -0.3 is 15.4 Å². The molecule has 1 heterocycles. The van der Waals surface area contributed by atoms with Gasteiger partial charge in [-0.05, 0) is 45.1 Å². The summed E-state index contributed by atoms with van der Waals surface area (Å²) in [6.07, 6.45) is 1.78. The van der Waals surface area contributed by atoms with Crippen molar-refractivity contribution < 1.29 is 13.2 Å². The van der Waals surface area contributed by atoms with E-state index >= 15 is 0 Å². The van der Waals surface area contributed by atoms with E-state index in [0.717, 1.165) is 19.4 Å². The molecule has 0 aromatic heterocycles. The molecule has 2 rings (SSSR count). The molecular formula is C14H23N3O3S. The van der Waals surface area contributed by atoms with Crippen LogP contribution in [0.25, 0.3) is 0 Å². The van der Waals surface area contributed by atoms with Gasteiger partial charge in [0.05, 0.1) is 17.7 Å². The minimum atomic E-state index is -3.51. The van der Waals surface area contributed by atoms with Crippen LogP contribution in [-0.4, -0.2) is 58.0 Å². The number of rotatable bonds is 5. The Balaban J connectivity index is 2.30. The summed E-state index contributed by atoms with van der Waals surface area (Å²) in [6.45, 7) is 1.29. The molecule has 1 aromatic rings. The van der Waals surface area contributed by atoms with E-state index in [-0.39, 0.29) is 10.9 Å². The highest BCUT2D eigenvalue weighted by atomic mass is 32.2. The van der Waals surface area contributed by atoms with Gasteiger partial charge in [-0.15, -0.1) is 0 Å². The maximum Gasteiger partial charge on any atom is 0.243 e. The van der Waals surface area contributed by atoms with Gasteiger partial charge in [-0.25, -0.2) is 8.42 Å². The van der Waals surface area contributed by atoms with Crippen LogP contribution >= 0.6 is 0 Å². The number of hydrogen-bond acceptors (Lipinski definition) is 5. The van der Waals surface area contributed by atoms with E-state index in [4.69, 9.17) is 10.5 Å². The summed E-state index contributed by atoms with van der Waals surface area (Å²) in [4.78, 5) is 2.24. The molecule has 118 valence electrons. The van der Waals surface area contributed by atoms with Crippen molar-refractivity contribution in [2.24, 2.45) is 0 Å². The number of hydrogen-bond donors (Lipinski definition) is 1. The summed E-state index contributed by atoms with van der Waals surface area (Å²) < 4.78 is 32.2. The Hall–Kier alpha value is -1.31. The molecule has 21 heavy (non-hydrogen) atoms. The molecule has 0 bridgehead atoms. The van der Waals surface area contributed by atoms with Crippen molar-refractivity contribution in [3.63, 3.8) is 0 Å². The second kappa shape index (κ2) is 6.21. The van der Waals surface area contributed by atoms with Crippen molar-refractivity contribution in [2.45, 2.75) is 23.8 Å². The normalized spacial score (nSPS) is 20.1. The maximum atomic E-state index is 12.8. The van der Waals surface area contributed by atoms with Crippen molar-refractivity contribution in [1.29, 1.82) is 0 Å². The van der Waals surface area contributed by atoms with Gasteiger partial charge in [-0.3, -0.25) is 0 Å². The first-order valence-electron chi connectivity index (χ1n) is 6.96. The number of likely N-dealkylation sites (N-methyl/N-ethyl adjacent to an activating group) is 1. The molecule has 2 N–H and O–H groups in total. The van der Waals surface area contributed by atoms with Gasteiger partial charge in [0.25, 0.3) is 0 Å². The number of anilines is 1. The fourth-order valence-corrected chi connectivity index (χ4v) is 4.46. The first-order valence-corrected chi connectivity index (χ1v) is 8.40. The lowest BCUT2D eigenvalue weighted by Gasteiger charge is -2.26. The molecule has 0 aliphatic carbocycles. The third-order valence-corrected chi connectivity index (χ3v) is 5.65. The average Bonchev–Trinajstić information content (AvgIpc) is 2.86. The van der Waals surface area contributed by atoms with Crippen LogP contribution in [0.2, 0.25) is 0 Å². The van der Waals surface area contributed by atoms with Gasteiger partial charge in [0, 0.05) is 19.1 Å². The fourth-order valence-electron chi connectivity index (χ4n) is 2.74. The lowest BCUT2D eigenvalue weighted by molar-refractivity contribution is 0.291. The standard InChI is InChI=1S/C14H23N3O3S/c1-16(2)10-11-5-4-8-17(11)21(18,19)12-6-7-14(20-3)13(15)9-12/h6-7,9,11H,4-5,8,10,15H2,1-3H3. The average molecular weight is 313 g/mol. The van der Waals surface area contributed by atoms with E-state index in [1.165, 1.54) is 13.2 Å². The molecule has 1 aliphatic rings. The van der Waals surface area contributed by atoms with Crippen LogP contribution in [0, 0.1) is 0 Å². The van der Waals surface area contributed by atoms with E-state index in [1.807, 2.05) is 19.0 Å². The molecule has 0 amide bonds. The number of nitrogen functional groups attached to an aromatic ring is 1. The van der Waals surface area contributed by atoms with E-state index in [0.29, 0.717) is 18.0 Å². The first kappa shape index (κ1) is 16.1. The minimum Gasteiger partial charge on any atom is -0.495 e. The second-order valence-corrected chi connectivity index (χ2v) is 7.47. The third-order valence-electron chi connectivity index (χ3n) is 3.71. The summed E-state index contributed by atoms with van der Waals surface area (Å²) in [5.41, 5.74) is 6.16. The van der Waals surface area contributed by atoms with Crippen LogP contribution in [0.3, 0.4) is 0 Å². The zero-order valence-corrected chi connectivity index (χ0v) is 13.6. The van der Waals surface area contributed by atoms with Crippen molar-refractivity contribution in [3.05, 3.63) is 18.2 Å². The molecule has 1 atom stereocenters. The summed E-state index contributed by atoms with van der Waals surface area (Å²) in [5.74, 6) is 0.486. The van der Waals surface area contributed by atoms with Crippen molar-refractivity contribution in [2.75, 3.05) is 40.0 Å². The number of methoxy groups -OCH3 is 1. The zero-order valence-electron chi connectivity index (χ0n) is 12.7. The van der Waals surface area contributed by atoms with Crippen LogP contribution in [0.5, 0.6) is 5.75 Å². The molecule has 1 saturated heterocycles. The molecular weight excluding hydrogens is 290 g/mol. The van der Waals surface area contributed by atoms with E-state index in [2.05, 4.69) is 0 Å². The monoisotopic (exact) mass is 313 g/mol. The number of nitrogens with two attached hydrogens (primary N) is 1. The van der Waals surface area contributed by atoms with Crippen molar-refractivity contribution in [3.8, 4) is 5.75 Å². The zero-order chi connectivity index (χ0) is 15.6. The highest BCUT2D eigenvalue weighted by Gasteiger charge is 2.35. The largest absolute Gasteiger partial charge is 0.495 e. The Labute approximate surface area is 126 Å². The number of benzene rings is 1. The Morgan fingerprint density at radius 3 is 2.71 bits per heavy atom. The van der Waals surface area contributed by atoms with Crippen LogP contribution in [-0.2, 0) is 10.0 Å². The van der Waals surface area contributed by atoms with Gasteiger partial charge >= 0.3 is 0 Å². The smallest absolute Gasteiger partial charge is 0.243 e. The molecule has 0 spiro atoms. The van der Waals surface area contributed by atoms with Gasteiger partial charge in [0.1, 0.15) is 5.75 Å². The fraction of sp³-hybridized carbons (Fsp3) is 0.571. The molecule has 1 aromatic carbocycles. The topological polar surface area (TPSA) is 75.9 Å². The molecule has 1 fully saturated rings. The van der Waals surface area contributed by atoms with Crippen molar-refractivity contribution in [1.82, 2.24) is 9.21 Å². The minimum absolute atomic E-state index is 0.0216. The Kier molecular flexibility index (Phi) is 4.75. The SMILES string of the molecule is COc1ccc(S(=O)(=O)N2CCCC2CN(C)C)cc1N. The summed E-state index contributed by atoms with van der Waals surface area (Å²) in [6, 6.07) is 4.64. The molecule has 0 saturated carbocycles. The molecule has 1 aliphatic heterocycles. The van der Waals surface area contributed by atoms with Gasteiger partial charge in [-0.2, -0.15) is 4.31 Å². The highest BCUT2D eigenvalue weighted by molar-refractivity contribution is 7.89. The Morgan fingerprint density at radius 1 is 1.43 bits per heavy atom. The molecule has 1 unspecified atom stereocenters. The third kappa shape index (κ3) is 3.30. The number of ether oxygens (including phenoxy) is 1. The molecule has 7 heteroatoms. The van der Waals surface area contributed by atoms with Crippen LogP contribution in [0.1, 0.15) is 12.8 Å². The molecule has 6 nitrogen and oxygen atoms in total. The Bertz CT molecular complexity index is 601. The molecule has 0 radical (unpaired) electrons. The number of sulfonamides is 1. The maximum absolute atomic E-state index is 12.8. The lowest BCUT2D eigenvalue weighted by atomic mass is 10.2.